The van der Waals surface area contributed by atoms with Gasteiger partial charge in [0, 0.05) is 0 Å². The van der Waals surface area contributed by atoms with Gasteiger partial charge in [0.25, 0.3) is 20.0 Å². The molecule has 0 heterocycles. The van der Waals surface area contributed by atoms with Crippen LogP contribution >= 0.6 is 0 Å². The van der Waals surface area contributed by atoms with Crippen molar-refractivity contribution in [2.45, 2.75) is 16.7 Å². The van der Waals surface area contributed by atoms with Crippen LogP contribution in [-0.4, -0.2) is 23.9 Å². The van der Waals surface area contributed by atoms with Crippen LogP contribution in [0.25, 0.3) is 10.8 Å². The molecule has 0 saturated carbocycles. The zero-order valence-electron chi connectivity index (χ0n) is 17.9. The molecule has 0 aliphatic carbocycles. The van der Waals surface area contributed by atoms with Crippen LogP contribution in [0.4, 0.5) is 11.4 Å². The Kier molecular flexibility index (Phi) is 6.01. The highest BCUT2D eigenvalue weighted by molar-refractivity contribution is 7.93. The van der Waals surface area contributed by atoms with Gasteiger partial charge in [-0.2, -0.15) is 0 Å². The summed E-state index contributed by atoms with van der Waals surface area (Å²) < 4.78 is 62.3. The molecule has 0 unspecified atom stereocenters. The van der Waals surface area contributed by atoms with E-state index in [0.717, 1.165) is 10.8 Å². The van der Waals surface area contributed by atoms with Gasteiger partial charge in [0.05, 0.1) is 28.3 Å². The van der Waals surface area contributed by atoms with Crippen LogP contribution in [-0.2, 0) is 20.0 Å². The van der Waals surface area contributed by atoms with E-state index >= 15 is 0 Å². The Hall–Kier alpha value is -3.56. The van der Waals surface area contributed by atoms with E-state index < -0.39 is 20.0 Å². The molecule has 33 heavy (non-hydrogen) atoms. The summed E-state index contributed by atoms with van der Waals surface area (Å²) in [5, 5.41) is 1.70. The number of nitrogens with one attached hydrogen (secondary N) is 2. The lowest BCUT2D eigenvalue weighted by atomic mass is 10.1. The number of anilines is 2. The number of hydrogen-bond donors (Lipinski definition) is 2. The van der Waals surface area contributed by atoms with Gasteiger partial charge in [-0.3, -0.25) is 9.44 Å². The lowest BCUT2D eigenvalue weighted by Gasteiger charge is -2.15. The highest BCUT2D eigenvalue weighted by atomic mass is 32.2. The smallest absolute Gasteiger partial charge is 0.262 e. The molecule has 0 aromatic heterocycles. The minimum absolute atomic E-state index is 0.0490. The summed E-state index contributed by atoms with van der Waals surface area (Å²) in [7, 11) is -6.50. The molecule has 7 nitrogen and oxygen atoms in total. The number of ether oxygens (including phenoxy) is 1. The summed E-state index contributed by atoms with van der Waals surface area (Å²) in [5.74, 6) is 0.367. The normalized spacial score (nSPS) is 11.8. The summed E-state index contributed by atoms with van der Waals surface area (Å²) in [6, 6.07) is 23.2. The Morgan fingerprint density at radius 1 is 0.697 bits per heavy atom. The Bertz CT molecular complexity index is 1550. The molecule has 0 aliphatic heterocycles. The SMILES string of the molecule is COc1ccccc1NS(=O)(=O)c1cc(NS(=O)(=O)c2ccc3ccccc3c2)ccc1C. The van der Waals surface area contributed by atoms with Crippen molar-refractivity contribution in [2.75, 3.05) is 16.6 Å². The van der Waals surface area contributed by atoms with E-state index in [1.807, 2.05) is 24.3 Å². The van der Waals surface area contributed by atoms with E-state index in [0.29, 0.717) is 11.3 Å². The van der Waals surface area contributed by atoms with E-state index in [1.165, 1.54) is 25.3 Å². The average molecular weight is 483 g/mol. The largest absolute Gasteiger partial charge is 0.495 e. The number of hydrogen-bond acceptors (Lipinski definition) is 5. The van der Waals surface area contributed by atoms with Crippen molar-refractivity contribution in [1.82, 2.24) is 0 Å². The van der Waals surface area contributed by atoms with Crippen molar-refractivity contribution in [2.24, 2.45) is 0 Å². The molecule has 0 aliphatic rings. The fraction of sp³-hybridized carbons (Fsp3) is 0.0833. The number of sulfonamides is 2. The van der Waals surface area contributed by atoms with E-state index in [1.54, 1.807) is 49.4 Å². The molecule has 4 rings (SSSR count). The van der Waals surface area contributed by atoms with Gasteiger partial charge >= 0.3 is 0 Å². The lowest BCUT2D eigenvalue weighted by molar-refractivity contribution is 0.417. The van der Waals surface area contributed by atoms with Crippen LogP contribution in [0.15, 0.2) is 94.7 Å². The molecule has 2 N–H and O–H groups in total. The van der Waals surface area contributed by atoms with Crippen molar-refractivity contribution in [3.05, 3.63) is 90.5 Å². The van der Waals surface area contributed by atoms with Gasteiger partial charge in [-0.25, -0.2) is 16.8 Å². The second-order valence-corrected chi connectivity index (χ2v) is 10.7. The molecule has 0 atom stereocenters. The Balaban J connectivity index is 1.66. The number of para-hydroxylation sites is 2. The summed E-state index contributed by atoms with van der Waals surface area (Å²) in [6.07, 6.45) is 0. The van der Waals surface area contributed by atoms with Crippen molar-refractivity contribution in [3.8, 4) is 5.75 Å². The first-order chi connectivity index (χ1) is 15.7. The van der Waals surface area contributed by atoms with E-state index in [-0.39, 0.29) is 21.2 Å². The fourth-order valence-electron chi connectivity index (χ4n) is 3.43. The minimum atomic E-state index is -4.01. The molecule has 0 spiro atoms. The lowest BCUT2D eigenvalue weighted by Crippen LogP contribution is -2.17. The van der Waals surface area contributed by atoms with Gasteiger partial charge in [0.15, 0.2) is 0 Å². The quantitative estimate of drug-likeness (QED) is 0.396. The first kappa shape index (κ1) is 22.6. The molecule has 0 amide bonds. The first-order valence-electron chi connectivity index (χ1n) is 9.98. The number of aryl methyl sites for hydroxylation is 1. The average Bonchev–Trinajstić information content (AvgIpc) is 2.80. The second-order valence-electron chi connectivity index (χ2n) is 7.40. The van der Waals surface area contributed by atoms with Crippen LogP contribution in [0.2, 0.25) is 0 Å². The van der Waals surface area contributed by atoms with Crippen LogP contribution in [0.5, 0.6) is 5.75 Å². The van der Waals surface area contributed by atoms with Gasteiger partial charge < -0.3 is 4.74 Å². The van der Waals surface area contributed by atoms with E-state index in [9.17, 15) is 16.8 Å². The topological polar surface area (TPSA) is 102 Å². The Morgan fingerprint density at radius 2 is 1.39 bits per heavy atom. The predicted octanol–water partition coefficient (Wildman–Crippen LogP) is 4.76. The van der Waals surface area contributed by atoms with Crippen molar-refractivity contribution in [1.29, 1.82) is 0 Å². The molecular weight excluding hydrogens is 460 g/mol. The molecular formula is C24H22N2O5S2. The summed E-state index contributed by atoms with van der Waals surface area (Å²) in [4.78, 5) is 0.0328. The molecule has 4 aromatic rings. The van der Waals surface area contributed by atoms with Gasteiger partial charge in [0.2, 0.25) is 0 Å². The predicted molar refractivity (Wildman–Crippen MR) is 130 cm³/mol. The second kappa shape index (κ2) is 8.76. The minimum Gasteiger partial charge on any atom is -0.495 e. The summed E-state index contributed by atoms with van der Waals surface area (Å²) in [5.41, 5.74) is 0.877. The maximum atomic E-state index is 13.1. The van der Waals surface area contributed by atoms with Crippen LogP contribution in [0.3, 0.4) is 0 Å². The maximum Gasteiger partial charge on any atom is 0.262 e. The van der Waals surface area contributed by atoms with Gasteiger partial charge in [-0.05, 0) is 59.7 Å². The third kappa shape index (κ3) is 4.79. The van der Waals surface area contributed by atoms with Gasteiger partial charge in [0.1, 0.15) is 5.75 Å². The monoisotopic (exact) mass is 482 g/mol. The number of rotatable bonds is 7. The zero-order chi connectivity index (χ0) is 23.6. The first-order valence-corrected chi connectivity index (χ1v) is 12.9. The van der Waals surface area contributed by atoms with Crippen molar-refractivity contribution >= 4 is 42.2 Å². The van der Waals surface area contributed by atoms with Crippen molar-refractivity contribution in [3.63, 3.8) is 0 Å². The van der Waals surface area contributed by atoms with Crippen LogP contribution < -0.4 is 14.2 Å². The molecule has 4 aromatic carbocycles. The molecule has 0 radical (unpaired) electrons. The maximum absolute atomic E-state index is 13.1. The molecule has 0 fully saturated rings. The van der Waals surface area contributed by atoms with Gasteiger partial charge in [-0.1, -0.05) is 48.5 Å². The van der Waals surface area contributed by atoms with E-state index in [2.05, 4.69) is 9.44 Å². The standard InChI is InChI=1S/C24H22N2O5S2/c1-17-11-13-20(16-24(17)33(29,30)26-22-9-5-6-10-23(22)31-2)25-32(27,28)21-14-12-18-7-3-4-8-19(18)15-21/h3-16,25-26H,1-2H3. The highest BCUT2D eigenvalue weighted by Crippen LogP contribution is 2.29. The fourth-order valence-corrected chi connectivity index (χ4v) is 5.86. The molecule has 0 saturated heterocycles. The molecule has 9 heteroatoms. The zero-order valence-corrected chi connectivity index (χ0v) is 19.6. The van der Waals surface area contributed by atoms with Crippen LogP contribution in [0.1, 0.15) is 5.56 Å². The van der Waals surface area contributed by atoms with Gasteiger partial charge in [-0.15, -0.1) is 0 Å². The highest BCUT2D eigenvalue weighted by Gasteiger charge is 2.21. The number of fused-ring (bicyclic) bond motifs is 1. The van der Waals surface area contributed by atoms with E-state index in [4.69, 9.17) is 4.74 Å². The Labute approximate surface area is 193 Å². The third-order valence-electron chi connectivity index (χ3n) is 5.11. The summed E-state index contributed by atoms with van der Waals surface area (Å²) >= 11 is 0. The van der Waals surface area contributed by atoms with Crippen LogP contribution in [0, 0.1) is 6.92 Å². The summed E-state index contributed by atoms with van der Waals surface area (Å²) in [6.45, 7) is 1.64. The van der Waals surface area contributed by atoms with Crippen molar-refractivity contribution < 1.29 is 21.6 Å². The number of methoxy groups -OCH3 is 1. The third-order valence-corrected chi connectivity index (χ3v) is 8.00. The molecule has 170 valence electrons. The molecule has 0 bridgehead atoms. The Morgan fingerprint density at radius 3 is 2.15 bits per heavy atom. The number of benzene rings is 4.